The fourth-order valence-electron chi connectivity index (χ4n) is 3.32. The fourth-order valence-corrected chi connectivity index (χ4v) is 3.32. The summed E-state index contributed by atoms with van der Waals surface area (Å²) in [5.41, 5.74) is 4.40. The summed E-state index contributed by atoms with van der Waals surface area (Å²) in [4.78, 5) is 24.8. The van der Waals surface area contributed by atoms with Crippen LogP contribution in [0.25, 0.3) is 0 Å². The molecule has 96 valence electrons. The molecule has 0 bridgehead atoms. The number of carbonyl (C=O) groups excluding carboxylic acids is 1. The standard InChI is InChI=1S/C12H20N2O3/c13-8-10(15)14-7-6-12(14,11(16)17)9-4-2-1-3-5-9/h9H,1-8,13H2,(H,16,17). The number of likely N-dealkylation sites (tertiary alicyclic amines) is 1. The van der Waals surface area contributed by atoms with Crippen molar-refractivity contribution in [2.24, 2.45) is 11.7 Å². The molecule has 1 aliphatic heterocycles. The second-order valence-corrected chi connectivity index (χ2v) is 5.06. The summed E-state index contributed by atoms with van der Waals surface area (Å²) in [6.45, 7) is 0.445. The quantitative estimate of drug-likeness (QED) is 0.756. The van der Waals surface area contributed by atoms with Crippen molar-refractivity contribution in [1.29, 1.82) is 0 Å². The monoisotopic (exact) mass is 240 g/mol. The third-order valence-electron chi connectivity index (χ3n) is 4.32. The Bertz CT molecular complexity index is 326. The Morgan fingerprint density at radius 3 is 2.35 bits per heavy atom. The van der Waals surface area contributed by atoms with Crippen LogP contribution in [-0.2, 0) is 9.59 Å². The Hall–Kier alpha value is -1.10. The fraction of sp³-hybridized carbons (Fsp3) is 0.833. The molecule has 1 amide bonds. The molecule has 1 saturated carbocycles. The second-order valence-electron chi connectivity index (χ2n) is 5.06. The Morgan fingerprint density at radius 1 is 1.29 bits per heavy atom. The number of hydrogen-bond donors (Lipinski definition) is 2. The molecule has 0 spiro atoms. The number of aliphatic carboxylic acids is 1. The number of amides is 1. The summed E-state index contributed by atoms with van der Waals surface area (Å²) in [6, 6.07) is 0. The molecule has 5 nitrogen and oxygen atoms in total. The van der Waals surface area contributed by atoms with E-state index in [-0.39, 0.29) is 18.4 Å². The number of nitrogens with zero attached hydrogens (tertiary/aromatic N) is 1. The van der Waals surface area contributed by atoms with Gasteiger partial charge in [-0.15, -0.1) is 0 Å². The highest BCUT2D eigenvalue weighted by molar-refractivity contribution is 5.90. The summed E-state index contributed by atoms with van der Waals surface area (Å²) in [5, 5.41) is 9.52. The zero-order valence-corrected chi connectivity index (χ0v) is 10.0. The van der Waals surface area contributed by atoms with Crippen molar-refractivity contribution in [3.05, 3.63) is 0 Å². The Balaban J connectivity index is 2.20. The lowest BCUT2D eigenvalue weighted by atomic mass is 9.67. The molecule has 2 rings (SSSR count). The molecule has 17 heavy (non-hydrogen) atoms. The Morgan fingerprint density at radius 2 is 1.94 bits per heavy atom. The topological polar surface area (TPSA) is 83.6 Å². The van der Waals surface area contributed by atoms with Crippen molar-refractivity contribution in [3.63, 3.8) is 0 Å². The van der Waals surface area contributed by atoms with Gasteiger partial charge >= 0.3 is 5.97 Å². The average molecular weight is 240 g/mol. The lowest BCUT2D eigenvalue weighted by molar-refractivity contribution is -0.178. The van der Waals surface area contributed by atoms with Gasteiger partial charge in [-0.25, -0.2) is 4.79 Å². The van der Waals surface area contributed by atoms with Crippen LogP contribution in [0.1, 0.15) is 38.5 Å². The third-order valence-corrected chi connectivity index (χ3v) is 4.32. The molecule has 1 saturated heterocycles. The van der Waals surface area contributed by atoms with Gasteiger partial charge in [0.15, 0.2) is 0 Å². The van der Waals surface area contributed by atoms with E-state index in [4.69, 9.17) is 5.73 Å². The molecule has 1 unspecified atom stereocenters. The van der Waals surface area contributed by atoms with Crippen molar-refractivity contribution in [2.75, 3.05) is 13.1 Å². The first kappa shape index (κ1) is 12.4. The summed E-state index contributed by atoms with van der Waals surface area (Å²) in [5.74, 6) is -0.973. The minimum atomic E-state index is -0.948. The summed E-state index contributed by atoms with van der Waals surface area (Å²) < 4.78 is 0. The van der Waals surface area contributed by atoms with Crippen LogP contribution in [0, 0.1) is 5.92 Å². The maximum Gasteiger partial charge on any atom is 0.329 e. The van der Waals surface area contributed by atoms with Crippen LogP contribution in [0.3, 0.4) is 0 Å². The van der Waals surface area contributed by atoms with Crippen LogP contribution in [-0.4, -0.2) is 40.5 Å². The van der Waals surface area contributed by atoms with Gasteiger partial charge < -0.3 is 15.7 Å². The molecule has 2 aliphatic rings. The summed E-state index contributed by atoms with van der Waals surface area (Å²) in [7, 11) is 0. The second kappa shape index (κ2) is 4.64. The zero-order valence-electron chi connectivity index (χ0n) is 10.0. The van der Waals surface area contributed by atoms with Crippen LogP contribution in [0.5, 0.6) is 0 Å². The van der Waals surface area contributed by atoms with Crippen molar-refractivity contribution in [3.8, 4) is 0 Å². The summed E-state index contributed by atoms with van der Waals surface area (Å²) >= 11 is 0. The van der Waals surface area contributed by atoms with Crippen LogP contribution in [0.4, 0.5) is 0 Å². The molecule has 1 heterocycles. The van der Waals surface area contributed by atoms with Crippen molar-refractivity contribution in [2.45, 2.75) is 44.1 Å². The number of nitrogens with two attached hydrogens (primary N) is 1. The van der Waals surface area contributed by atoms with Crippen molar-refractivity contribution in [1.82, 2.24) is 4.90 Å². The number of carboxylic acid groups (broad SMARTS) is 1. The van der Waals surface area contributed by atoms with E-state index < -0.39 is 11.5 Å². The van der Waals surface area contributed by atoms with Gasteiger partial charge in [-0.1, -0.05) is 19.3 Å². The van der Waals surface area contributed by atoms with E-state index in [1.165, 1.54) is 11.3 Å². The molecule has 1 atom stereocenters. The van der Waals surface area contributed by atoms with Crippen LogP contribution in [0.15, 0.2) is 0 Å². The minimum Gasteiger partial charge on any atom is -0.479 e. The molecule has 3 N–H and O–H groups in total. The number of carboxylic acids is 1. The molecule has 0 aromatic rings. The molecule has 2 fully saturated rings. The molecule has 0 aromatic carbocycles. The smallest absolute Gasteiger partial charge is 0.329 e. The minimum absolute atomic E-state index is 0.0955. The SMILES string of the molecule is NCC(=O)N1CCC1(C(=O)O)C1CCCCC1. The highest BCUT2D eigenvalue weighted by Crippen LogP contribution is 2.44. The highest BCUT2D eigenvalue weighted by Gasteiger charge is 2.57. The first-order chi connectivity index (χ1) is 8.13. The van der Waals surface area contributed by atoms with Gasteiger partial charge in [-0.3, -0.25) is 4.79 Å². The predicted octanol–water partition coefficient (Wildman–Crippen LogP) is 0.581. The van der Waals surface area contributed by atoms with Crippen LogP contribution < -0.4 is 5.73 Å². The van der Waals surface area contributed by atoms with Gasteiger partial charge in [0.05, 0.1) is 6.54 Å². The van der Waals surface area contributed by atoms with Crippen LogP contribution >= 0.6 is 0 Å². The number of rotatable bonds is 3. The van der Waals surface area contributed by atoms with E-state index in [1.807, 2.05) is 0 Å². The molecule has 5 heteroatoms. The largest absolute Gasteiger partial charge is 0.479 e. The van der Waals surface area contributed by atoms with E-state index in [1.54, 1.807) is 0 Å². The van der Waals surface area contributed by atoms with Gasteiger partial charge in [0.2, 0.25) is 5.91 Å². The van der Waals surface area contributed by atoms with Gasteiger partial charge in [0, 0.05) is 6.54 Å². The van der Waals surface area contributed by atoms with E-state index in [2.05, 4.69) is 0 Å². The molecule has 1 aliphatic carbocycles. The molecule has 0 radical (unpaired) electrons. The van der Waals surface area contributed by atoms with Gasteiger partial charge in [0.1, 0.15) is 5.54 Å². The Kier molecular flexibility index (Phi) is 3.38. The number of carbonyl (C=O) groups is 2. The molecular formula is C12H20N2O3. The lowest BCUT2D eigenvalue weighted by Gasteiger charge is -2.54. The molecule has 0 aromatic heterocycles. The predicted molar refractivity (Wildman–Crippen MR) is 62.3 cm³/mol. The van der Waals surface area contributed by atoms with Crippen molar-refractivity contribution < 1.29 is 14.7 Å². The van der Waals surface area contributed by atoms with E-state index in [9.17, 15) is 14.7 Å². The Labute approximate surface area is 101 Å². The van der Waals surface area contributed by atoms with E-state index >= 15 is 0 Å². The number of hydrogen-bond acceptors (Lipinski definition) is 3. The lowest BCUT2D eigenvalue weighted by Crippen LogP contribution is -2.71. The van der Waals surface area contributed by atoms with E-state index in [0.29, 0.717) is 13.0 Å². The van der Waals surface area contributed by atoms with Crippen LogP contribution in [0.2, 0.25) is 0 Å². The third kappa shape index (κ3) is 1.82. The highest BCUT2D eigenvalue weighted by atomic mass is 16.4. The first-order valence-electron chi connectivity index (χ1n) is 6.37. The maximum atomic E-state index is 11.7. The van der Waals surface area contributed by atoms with Crippen molar-refractivity contribution >= 4 is 11.9 Å². The normalized spacial score (nSPS) is 29.8. The van der Waals surface area contributed by atoms with Gasteiger partial charge in [-0.2, -0.15) is 0 Å². The van der Waals surface area contributed by atoms with Gasteiger partial charge in [-0.05, 0) is 25.2 Å². The van der Waals surface area contributed by atoms with Gasteiger partial charge in [0.25, 0.3) is 0 Å². The zero-order chi connectivity index (χ0) is 12.5. The maximum absolute atomic E-state index is 11.7. The average Bonchev–Trinajstić information content (AvgIpc) is 2.29. The summed E-state index contributed by atoms with van der Waals surface area (Å²) in [6.07, 6.45) is 5.74. The first-order valence-corrected chi connectivity index (χ1v) is 6.37. The van der Waals surface area contributed by atoms with E-state index in [0.717, 1.165) is 25.7 Å². The molecular weight excluding hydrogens is 220 g/mol.